The summed E-state index contributed by atoms with van der Waals surface area (Å²) in [6.45, 7) is 9.31. The van der Waals surface area contributed by atoms with Crippen LogP contribution in [0.1, 0.15) is 70.7 Å². The van der Waals surface area contributed by atoms with Crippen molar-refractivity contribution >= 4 is 23.6 Å². The number of hydrogen-bond donors (Lipinski definition) is 2. The van der Waals surface area contributed by atoms with Crippen LogP contribution in [0, 0.1) is 5.92 Å². The molecule has 2 N–H and O–H groups in total. The fourth-order valence-corrected chi connectivity index (χ4v) is 4.94. The molecule has 8 nitrogen and oxygen atoms in total. The van der Waals surface area contributed by atoms with Crippen molar-refractivity contribution in [1.82, 2.24) is 25.4 Å². The molecule has 34 heavy (non-hydrogen) atoms. The van der Waals surface area contributed by atoms with Crippen molar-refractivity contribution in [3.63, 3.8) is 0 Å². The summed E-state index contributed by atoms with van der Waals surface area (Å²) in [6, 6.07) is 8.05. The Morgan fingerprint density at radius 2 is 1.88 bits per heavy atom. The molecule has 0 aliphatic heterocycles. The van der Waals surface area contributed by atoms with Crippen LogP contribution in [0.15, 0.2) is 29.4 Å². The van der Waals surface area contributed by atoms with Gasteiger partial charge in [-0.1, -0.05) is 57.5 Å². The first kappa shape index (κ1) is 26.1. The van der Waals surface area contributed by atoms with Gasteiger partial charge in [-0.25, -0.2) is 0 Å². The largest absolute Gasteiger partial charge is 0.484 e. The summed E-state index contributed by atoms with van der Waals surface area (Å²) in [4.78, 5) is 24.7. The van der Waals surface area contributed by atoms with Crippen LogP contribution in [0.4, 0.5) is 0 Å². The second-order valence-corrected chi connectivity index (χ2v) is 10.1. The van der Waals surface area contributed by atoms with E-state index < -0.39 is 0 Å². The molecule has 1 saturated carbocycles. The number of hydrogen-bond acceptors (Lipinski definition) is 6. The minimum Gasteiger partial charge on any atom is -0.484 e. The first-order valence-electron chi connectivity index (χ1n) is 12.2. The minimum absolute atomic E-state index is 0.0304. The first-order valence-corrected chi connectivity index (χ1v) is 13.2. The van der Waals surface area contributed by atoms with E-state index in [1.165, 1.54) is 36.6 Å². The van der Waals surface area contributed by atoms with E-state index in [-0.39, 0.29) is 31.0 Å². The molecule has 1 aliphatic rings. The number of nitrogens with zero attached hydrogens (tertiary/aromatic N) is 3. The highest BCUT2D eigenvalue weighted by molar-refractivity contribution is 7.99. The zero-order valence-corrected chi connectivity index (χ0v) is 21.5. The van der Waals surface area contributed by atoms with Gasteiger partial charge >= 0.3 is 0 Å². The lowest BCUT2D eigenvalue weighted by atomic mass is 9.86. The fraction of sp³-hybridized carbons (Fsp3) is 0.600. The quantitative estimate of drug-likeness (QED) is 0.467. The van der Waals surface area contributed by atoms with Crippen molar-refractivity contribution < 1.29 is 14.3 Å². The summed E-state index contributed by atoms with van der Waals surface area (Å²) in [5.41, 5.74) is 1.23. The average Bonchev–Trinajstić information content (AvgIpc) is 3.23. The van der Waals surface area contributed by atoms with E-state index in [0.29, 0.717) is 40.9 Å². The number of carbonyl (C=O) groups is 2. The Kier molecular flexibility index (Phi) is 9.80. The maximum absolute atomic E-state index is 12.4. The topological polar surface area (TPSA) is 98.1 Å². The van der Waals surface area contributed by atoms with Crippen molar-refractivity contribution in [3.8, 4) is 5.75 Å². The molecule has 1 heterocycles. The standard InChI is InChI=1S/C25H37N5O3S/c1-5-30-22(14-26-23(31)15-33-20-12-10-19(11-13-20)17(2)3)28-29-25(30)34-16-24(32)27-21-9-7-6-8-18(21)4/h10-13,17-18,21H,5-9,14-16H2,1-4H3,(H,26,31)(H,27,32)/t18-,21-/m1/s1. The number of thioether (sulfide) groups is 1. The summed E-state index contributed by atoms with van der Waals surface area (Å²) < 4.78 is 7.51. The zero-order chi connectivity index (χ0) is 24.5. The highest BCUT2D eigenvalue weighted by Crippen LogP contribution is 2.24. The van der Waals surface area contributed by atoms with E-state index >= 15 is 0 Å². The molecule has 1 aliphatic carbocycles. The molecule has 0 radical (unpaired) electrons. The second-order valence-electron chi connectivity index (χ2n) is 9.16. The predicted octanol–water partition coefficient (Wildman–Crippen LogP) is 3.90. The molecule has 9 heteroatoms. The Hall–Kier alpha value is -2.55. The van der Waals surface area contributed by atoms with Crippen molar-refractivity contribution in [1.29, 1.82) is 0 Å². The van der Waals surface area contributed by atoms with Crippen LogP contribution >= 0.6 is 11.8 Å². The lowest BCUT2D eigenvalue weighted by Gasteiger charge is -2.29. The van der Waals surface area contributed by atoms with Crippen LogP contribution in [0.2, 0.25) is 0 Å². The van der Waals surface area contributed by atoms with Gasteiger partial charge in [0.05, 0.1) is 12.3 Å². The molecule has 0 saturated heterocycles. The predicted molar refractivity (Wildman–Crippen MR) is 134 cm³/mol. The summed E-state index contributed by atoms with van der Waals surface area (Å²) in [7, 11) is 0. The third kappa shape index (κ3) is 7.48. The lowest BCUT2D eigenvalue weighted by Crippen LogP contribution is -2.41. The van der Waals surface area contributed by atoms with Gasteiger partial charge in [-0.15, -0.1) is 10.2 Å². The molecule has 1 fully saturated rings. The first-order chi connectivity index (χ1) is 16.4. The fourth-order valence-electron chi connectivity index (χ4n) is 4.11. The van der Waals surface area contributed by atoms with Crippen LogP contribution in [0.3, 0.4) is 0 Å². The number of benzene rings is 1. The molecule has 0 bridgehead atoms. The molecular weight excluding hydrogens is 450 g/mol. The van der Waals surface area contributed by atoms with Gasteiger partial charge in [0.2, 0.25) is 5.91 Å². The van der Waals surface area contributed by atoms with Crippen LogP contribution < -0.4 is 15.4 Å². The highest BCUT2D eigenvalue weighted by Gasteiger charge is 2.23. The number of rotatable bonds is 11. The highest BCUT2D eigenvalue weighted by atomic mass is 32.2. The number of aromatic nitrogens is 3. The summed E-state index contributed by atoms with van der Waals surface area (Å²) in [5, 5.41) is 15.1. The third-order valence-corrected chi connectivity index (χ3v) is 7.23. The average molecular weight is 488 g/mol. The Balaban J connectivity index is 1.44. The van der Waals surface area contributed by atoms with Crippen LogP contribution in [0.25, 0.3) is 0 Å². The van der Waals surface area contributed by atoms with E-state index in [9.17, 15) is 9.59 Å². The lowest BCUT2D eigenvalue weighted by molar-refractivity contribution is -0.123. The molecular formula is C25H37N5O3S. The molecule has 1 aromatic carbocycles. The maximum atomic E-state index is 12.4. The van der Waals surface area contributed by atoms with Gasteiger partial charge in [-0.05, 0) is 49.3 Å². The van der Waals surface area contributed by atoms with Crippen molar-refractivity contribution in [2.45, 2.75) is 83.6 Å². The van der Waals surface area contributed by atoms with Gasteiger partial charge in [0.1, 0.15) is 5.75 Å². The van der Waals surface area contributed by atoms with Crippen LogP contribution in [-0.2, 0) is 22.7 Å². The van der Waals surface area contributed by atoms with Crippen LogP contribution in [0.5, 0.6) is 5.75 Å². The molecule has 1 aromatic heterocycles. The number of ether oxygens (including phenoxy) is 1. The van der Waals surface area contributed by atoms with Crippen molar-refractivity contribution in [2.24, 2.45) is 5.92 Å². The van der Waals surface area contributed by atoms with E-state index in [1.807, 2.05) is 35.8 Å². The van der Waals surface area contributed by atoms with E-state index in [1.54, 1.807) is 0 Å². The SMILES string of the molecule is CCn1c(CNC(=O)COc2ccc(C(C)C)cc2)nnc1SCC(=O)N[C@@H]1CCCC[C@H]1C. The Bertz CT molecular complexity index is 945. The van der Waals surface area contributed by atoms with Gasteiger partial charge in [0.25, 0.3) is 5.91 Å². The summed E-state index contributed by atoms with van der Waals surface area (Å²) in [5.74, 6) is 2.40. The zero-order valence-electron chi connectivity index (χ0n) is 20.7. The second kappa shape index (κ2) is 12.8. The van der Waals surface area contributed by atoms with Gasteiger partial charge in [-0.2, -0.15) is 0 Å². The van der Waals surface area contributed by atoms with Crippen molar-refractivity contribution in [2.75, 3.05) is 12.4 Å². The monoisotopic (exact) mass is 487 g/mol. The Labute approximate surface area is 206 Å². The van der Waals surface area contributed by atoms with Crippen molar-refractivity contribution in [3.05, 3.63) is 35.7 Å². The molecule has 3 rings (SSSR count). The van der Waals surface area contributed by atoms with E-state index in [0.717, 1.165) is 6.42 Å². The third-order valence-electron chi connectivity index (χ3n) is 6.26. The molecule has 186 valence electrons. The minimum atomic E-state index is -0.228. The molecule has 2 aromatic rings. The van der Waals surface area contributed by atoms with Crippen LogP contribution in [-0.4, -0.2) is 45.0 Å². The summed E-state index contributed by atoms with van der Waals surface area (Å²) in [6.07, 6.45) is 4.65. The Morgan fingerprint density at radius 1 is 1.15 bits per heavy atom. The molecule has 0 unspecified atom stereocenters. The smallest absolute Gasteiger partial charge is 0.258 e. The van der Waals surface area contributed by atoms with Gasteiger partial charge in [0.15, 0.2) is 17.6 Å². The normalized spacial score (nSPS) is 18.0. The summed E-state index contributed by atoms with van der Waals surface area (Å²) >= 11 is 1.38. The molecule has 2 atom stereocenters. The molecule has 2 amide bonds. The van der Waals surface area contributed by atoms with Gasteiger partial charge in [0, 0.05) is 12.6 Å². The molecule has 0 spiro atoms. The van der Waals surface area contributed by atoms with Gasteiger partial charge in [-0.3, -0.25) is 9.59 Å². The Morgan fingerprint density at radius 3 is 2.56 bits per heavy atom. The maximum Gasteiger partial charge on any atom is 0.258 e. The number of carbonyl (C=O) groups excluding carboxylic acids is 2. The number of nitrogens with one attached hydrogen (secondary N) is 2. The van der Waals surface area contributed by atoms with Gasteiger partial charge < -0.3 is 19.9 Å². The number of amides is 2. The van der Waals surface area contributed by atoms with E-state index in [4.69, 9.17) is 4.74 Å². The van der Waals surface area contributed by atoms with E-state index in [2.05, 4.69) is 41.6 Å².